The molecular formula is C13H14BrClN2O3S. The van der Waals surface area contributed by atoms with E-state index in [1.165, 1.54) is 10.4 Å². The van der Waals surface area contributed by atoms with Gasteiger partial charge in [0.2, 0.25) is 15.9 Å². The van der Waals surface area contributed by atoms with Gasteiger partial charge in [-0.2, -0.15) is 4.31 Å². The van der Waals surface area contributed by atoms with E-state index < -0.39 is 10.0 Å². The molecule has 114 valence electrons. The largest absolute Gasteiger partial charge is 0.337 e. The SMILES string of the molecule is O=C1CCC2CN(S(=O)(=O)c3ccc(Br)cc3Cl)CCN12. The number of piperazine rings is 1. The Morgan fingerprint density at radius 2 is 2.05 bits per heavy atom. The monoisotopic (exact) mass is 392 g/mol. The van der Waals surface area contributed by atoms with Crippen molar-refractivity contribution in [1.82, 2.24) is 9.21 Å². The standard InChI is InChI=1S/C13H14BrClN2O3S/c14-9-1-3-12(11(15)7-9)21(19,20)16-5-6-17-10(8-16)2-4-13(17)18/h1,3,7,10H,2,4-6,8H2. The fraction of sp³-hybridized carbons (Fsp3) is 0.462. The van der Waals surface area contributed by atoms with Crippen LogP contribution in [-0.4, -0.2) is 49.2 Å². The third kappa shape index (κ3) is 2.72. The summed E-state index contributed by atoms with van der Waals surface area (Å²) in [6.07, 6.45) is 1.23. The molecule has 1 aromatic rings. The normalized spacial score (nSPS) is 23.4. The fourth-order valence-electron chi connectivity index (χ4n) is 2.88. The average molecular weight is 394 g/mol. The molecule has 0 saturated carbocycles. The van der Waals surface area contributed by atoms with E-state index in [0.717, 1.165) is 10.9 Å². The van der Waals surface area contributed by atoms with E-state index in [1.54, 1.807) is 17.0 Å². The van der Waals surface area contributed by atoms with Crippen LogP contribution in [0.15, 0.2) is 27.6 Å². The van der Waals surface area contributed by atoms with Crippen LogP contribution in [0.4, 0.5) is 0 Å². The first-order valence-electron chi connectivity index (χ1n) is 6.64. The lowest BCUT2D eigenvalue weighted by atomic mass is 10.2. The van der Waals surface area contributed by atoms with Crippen LogP contribution >= 0.6 is 27.5 Å². The minimum atomic E-state index is -3.62. The Bertz CT molecular complexity index is 695. The number of fused-ring (bicyclic) bond motifs is 1. The van der Waals surface area contributed by atoms with Crippen molar-refractivity contribution in [3.8, 4) is 0 Å². The molecule has 21 heavy (non-hydrogen) atoms. The molecule has 5 nitrogen and oxygen atoms in total. The summed E-state index contributed by atoms with van der Waals surface area (Å²) in [6, 6.07) is 4.74. The van der Waals surface area contributed by atoms with Crippen LogP contribution in [0.1, 0.15) is 12.8 Å². The second-order valence-corrected chi connectivity index (χ2v) is 8.45. The number of carbonyl (C=O) groups is 1. The Morgan fingerprint density at radius 1 is 1.29 bits per heavy atom. The smallest absolute Gasteiger partial charge is 0.244 e. The lowest BCUT2D eigenvalue weighted by Gasteiger charge is -2.36. The molecule has 2 saturated heterocycles. The molecule has 0 N–H and O–H groups in total. The molecule has 2 aliphatic rings. The molecule has 1 amide bonds. The molecule has 0 aromatic heterocycles. The third-order valence-electron chi connectivity index (χ3n) is 3.97. The highest BCUT2D eigenvalue weighted by Crippen LogP contribution is 2.31. The van der Waals surface area contributed by atoms with Gasteiger partial charge in [-0.25, -0.2) is 8.42 Å². The van der Waals surface area contributed by atoms with E-state index in [4.69, 9.17) is 11.6 Å². The summed E-state index contributed by atoms with van der Waals surface area (Å²) >= 11 is 9.33. The average Bonchev–Trinajstić information content (AvgIpc) is 2.79. The Kier molecular flexibility index (Phi) is 4.02. The van der Waals surface area contributed by atoms with Crippen LogP contribution < -0.4 is 0 Å². The van der Waals surface area contributed by atoms with Crippen molar-refractivity contribution in [3.05, 3.63) is 27.7 Å². The molecule has 3 rings (SSSR count). The number of benzene rings is 1. The van der Waals surface area contributed by atoms with E-state index >= 15 is 0 Å². The zero-order valence-electron chi connectivity index (χ0n) is 11.1. The zero-order chi connectivity index (χ0) is 15.2. The van der Waals surface area contributed by atoms with Crippen molar-refractivity contribution in [1.29, 1.82) is 0 Å². The number of nitrogens with zero attached hydrogens (tertiary/aromatic N) is 2. The molecule has 2 aliphatic heterocycles. The van der Waals surface area contributed by atoms with Gasteiger partial charge in [-0.15, -0.1) is 0 Å². The van der Waals surface area contributed by atoms with Gasteiger partial charge in [0.15, 0.2) is 0 Å². The van der Waals surface area contributed by atoms with Crippen LogP contribution in [0.2, 0.25) is 5.02 Å². The minimum absolute atomic E-state index is 0.00440. The van der Waals surface area contributed by atoms with E-state index in [-0.39, 0.29) is 21.9 Å². The Hall–Kier alpha value is -0.630. The van der Waals surface area contributed by atoms with Crippen molar-refractivity contribution in [2.24, 2.45) is 0 Å². The molecule has 1 aromatic carbocycles. The summed E-state index contributed by atoms with van der Waals surface area (Å²) in [4.78, 5) is 13.6. The zero-order valence-corrected chi connectivity index (χ0v) is 14.3. The number of carbonyl (C=O) groups excluding carboxylic acids is 1. The molecule has 0 spiro atoms. The highest BCUT2D eigenvalue weighted by atomic mass is 79.9. The van der Waals surface area contributed by atoms with E-state index in [9.17, 15) is 13.2 Å². The van der Waals surface area contributed by atoms with Crippen molar-refractivity contribution in [3.63, 3.8) is 0 Å². The molecule has 1 unspecified atom stereocenters. The van der Waals surface area contributed by atoms with Crippen LogP contribution in [-0.2, 0) is 14.8 Å². The van der Waals surface area contributed by atoms with Gasteiger partial charge in [0.1, 0.15) is 4.90 Å². The Morgan fingerprint density at radius 3 is 2.76 bits per heavy atom. The summed E-state index contributed by atoms with van der Waals surface area (Å²) in [6.45, 7) is 1.12. The van der Waals surface area contributed by atoms with Gasteiger partial charge in [0, 0.05) is 36.6 Å². The number of sulfonamides is 1. The van der Waals surface area contributed by atoms with Gasteiger partial charge in [-0.05, 0) is 24.6 Å². The van der Waals surface area contributed by atoms with Crippen LogP contribution in [0.25, 0.3) is 0 Å². The molecule has 8 heteroatoms. The number of hydrogen-bond donors (Lipinski definition) is 0. The summed E-state index contributed by atoms with van der Waals surface area (Å²) in [5, 5.41) is 0.203. The topological polar surface area (TPSA) is 57.7 Å². The molecule has 2 heterocycles. The van der Waals surface area contributed by atoms with Gasteiger partial charge in [-0.3, -0.25) is 4.79 Å². The number of amides is 1. The van der Waals surface area contributed by atoms with E-state index in [1.807, 2.05) is 0 Å². The van der Waals surface area contributed by atoms with Gasteiger partial charge in [0.05, 0.1) is 5.02 Å². The lowest BCUT2D eigenvalue weighted by Crippen LogP contribution is -2.53. The first kappa shape index (κ1) is 15.3. The van der Waals surface area contributed by atoms with Crippen LogP contribution in [0.5, 0.6) is 0 Å². The highest BCUT2D eigenvalue weighted by Gasteiger charge is 2.40. The summed E-state index contributed by atoms with van der Waals surface area (Å²) in [7, 11) is -3.62. The molecule has 0 aliphatic carbocycles. The summed E-state index contributed by atoms with van der Waals surface area (Å²) in [5.41, 5.74) is 0. The number of halogens is 2. The predicted molar refractivity (Wildman–Crippen MR) is 82.6 cm³/mol. The van der Waals surface area contributed by atoms with Crippen LogP contribution in [0.3, 0.4) is 0 Å². The number of hydrogen-bond acceptors (Lipinski definition) is 3. The maximum absolute atomic E-state index is 12.7. The van der Waals surface area contributed by atoms with Crippen LogP contribution in [0, 0.1) is 0 Å². The molecular weight excluding hydrogens is 380 g/mol. The Balaban J connectivity index is 1.87. The molecule has 0 bridgehead atoms. The second kappa shape index (κ2) is 5.53. The maximum Gasteiger partial charge on any atom is 0.244 e. The maximum atomic E-state index is 12.7. The number of rotatable bonds is 2. The summed E-state index contributed by atoms with van der Waals surface area (Å²) < 4.78 is 27.6. The minimum Gasteiger partial charge on any atom is -0.337 e. The Labute approximate surface area is 137 Å². The van der Waals surface area contributed by atoms with Crippen molar-refractivity contribution in [2.45, 2.75) is 23.8 Å². The fourth-order valence-corrected chi connectivity index (χ4v) is 5.36. The first-order valence-corrected chi connectivity index (χ1v) is 9.25. The first-order chi connectivity index (χ1) is 9.89. The van der Waals surface area contributed by atoms with Crippen molar-refractivity contribution >= 4 is 43.5 Å². The van der Waals surface area contributed by atoms with Gasteiger partial charge in [0.25, 0.3) is 0 Å². The molecule has 2 fully saturated rings. The van der Waals surface area contributed by atoms with Gasteiger partial charge in [-0.1, -0.05) is 27.5 Å². The predicted octanol–water partition coefficient (Wildman–Crippen LogP) is 2.10. The third-order valence-corrected chi connectivity index (χ3v) is 6.81. The van der Waals surface area contributed by atoms with E-state index in [0.29, 0.717) is 26.1 Å². The second-order valence-electron chi connectivity index (χ2n) is 5.22. The van der Waals surface area contributed by atoms with E-state index in [2.05, 4.69) is 15.9 Å². The summed E-state index contributed by atoms with van der Waals surface area (Å²) in [5.74, 6) is 0.124. The quantitative estimate of drug-likeness (QED) is 0.773. The molecule has 1 atom stereocenters. The van der Waals surface area contributed by atoms with Crippen molar-refractivity contribution in [2.75, 3.05) is 19.6 Å². The lowest BCUT2D eigenvalue weighted by molar-refractivity contribution is -0.130. The highest BCUT2D eigenvalue weighted by molar-refractivity contribution is 9.10. The van der Waals surface area contributed by atoms with Gasteiger partial charge >= 0.3 is 0 Å². The van der Waals surface area contributed by atoms with Crippen molar-refractivity contribution < 1.29 is 13.2 Å². The molecule has 0 radical (unpaired) electrons. The van der Waals surface area contributed by atoms with Gasteiger partial charge < -0.3 is 4.90 Å².